The Labute approximate surface area is 176 Å². The lowest BCUT2D eigenvalue weighted by Gasteiger charge is -2.28. The number of halogens is 1. The zero-order valence-corrected chi connectivity index (χ0v) is 18.1. The summed E-state index contributed by atoms with van der Waals surface area (Å²) in [5, 5.41) is 2.79. The molecule has 0 radical (unpaired) electrons. The van der Waals surface area contributed by atoms with Gasteiger partial charge in [-0.15, -0.1) is 0 Å². The summed E-state index contributed by atoms with van der Waals surface area (Å²) in [6.07, 6.45) is 7.90. The van der Waals surface area contributed by atoms with Gasteiger partial charge < -0.3 is 15.1 Å². The van der Waals surface area contributed by atoms with E-state index in [1.54, 1.807) is 6.07 Å². The molecule has 1 heterocycles. The smallest absolute Gasteiger partial charge is 0.252 e. The van der Waals surface area contributed by atoms with Crippen LogP contribution in [0.5, 0.6) is 0 Å². The van der Waals surface area contributed by atoms with E-state index < -0.39 is 0 Å². The molecule has 0 atom stereocenters. The molecule has 0 aromatic heterocycles. The number of hydrogen-bond acceptors (Lipinski definition) is 3. The van der Waals surface area contributed by atoms with Gasteiger partial charge in [-0.1, -0.05) is 31.4 Å². The van der Waals surface area contributed by atoms with Gasteiger partial charge in [-0.05, 0) is 66.4 Å². The monoisotopic (exact) mass is 483 g/mol. The first-order valence-electron chi connectivity index (χ1n) is 10.2. The SMILES string of the molecule is O=C(NCC(=O)N1CCCN(CC2CCCCC2)CC1)c1ccccc1I. The van der Waals surface area contributed by atoms with E-state index >= 15 is 0 Å². The van der Waals surface area contributed by atoms with Crippen molar-refractivity contribution in [3.63, 3.8) is 0 Å². The lowest BCUT2D eigenvalue weighted by molar-refractivity contribution is -0.130. The molecular formula is C21H30IN3O2. The Balaban J connectivity index is 1.43. The summed E-state index contributed by atoms with van der Waals surface area (Å²) in [5.74, 6) is 0.685. The molecule has 1 aromatic carbocycles. The van der Waals surface area contributed by atoms with E-state index in [0.717, 1.165) is 42.1 Å². The van der Waals surface area contributed by atoms with Gasteiger partial charge in [0.1, 0.15) is 0 Å². The largest absolute Gasteiger partial charge is 0.343 e. The van der Waals surface area contributed by atoms with Crippen molar-refractivity contribution in [2.45, 2.75) is 38.5 Å². The van der Waals surface area contributed by atoms with Crippen molar-refractivity contribution in [2.24, 2.45) is 5.92 Å². The van der Waals surface area contributed by atoms with Crippen molar-refractivity contribution in [1.82, 2.24) is 15.1 Å². The summed E-state index contributed by atoms with van der Waals surface area (Å²) in [5.41, 5.74) is 0.625. The van der Waals surface area contributed by atoms with Crippen LogP contribution in [0, 0.1) is 9.49 Å². The van der Waals surface area contributed by atoms with Crippen LogP contribution in [-0.4, -0.2) is 60.9 Å². The normalized spacial score (nSPS) is 19.5. The van der Waals surface area contributed by atoms with E-state index in [2.05, 4.69) is 32.8 Å². The van der Waals surface area contributed by atoms with Gasteiger partial charge in [0, 0.05) is 29.7 Å². The lowest BCUT2D eigenvalue weighted by Crippen LogP contribution is -2.42. The van der Waals surface area contributed by atoms with E-state index in [1.807, 2.05) is 23.1 Å². The third-order valence-electron chi connectivity index (χ3n) is 5.70. The van der Waals surface area contributed by atoms with Crippen LogP contribution in [-0.2, 0) is 4.79 Å². The van der Waals surface area contributed by atoms with Gasteiger partial charge in [-0.2, -0.15) is 0 Å². The van der Waals surface area contributed by atoms with Gasteiger partial charge in [0.15, 0.2) is 0 Å². The number of benzene rings is 1. The summed E-state index contributed by atoms with van der Waals surface area (Å²) < 4.78 is 0.896. The average Bonchev–Trinajstić information content (AvgIpc) is 2.93. The number of amides is 2. The Morgan fingerprint density at radius 3 is 2.56 bits per heavy atom. The van der Waals surface area contributed by atoms with Crippen molar-refractivity contribution < 1.29 is 9.59 Å². The van der Waals surface area contributed by atoms with Crippen LogP contribution in [0.2, 0.25) is 0 Å². The zero-order chi connectivity index (χ0) is 19.1. The maximum Gasteiger partial charge on any atom is 0.252 e. The Hall–Kier alpha value is -1.15. The summed E-state index contributed by atoms with van der Waals surface area (Å²) in [6, 6.07) is 7.43. The van der Waals surface area contributed by atoms with Gasteiger partial charge in [0.05, 0.1) is 12.1 Å². The number of carbonyl (C=O) groups is 2. The Bertz CT molecular complexity index is 646. The minimum absolute atomic E-state index is 0.0220. The van der Waals surface area contributed by atoms with Crippen molar-refractivity contribution in [3.8, 4) is 0 Å². The molecule has 0 spiro atoms. The highest BCUT2D eigenvalue weighted by molar-refractivity contribution is 14.1. The van der Waals surface area contributed by atoms with E-state index in [0.29, 0.717) is 5.56 Å². The first-order valence-corrected chi connectivity index (χ1v) is 11.2. The highest BCUT2D eigenvalue weighted by Crippen LogP contribution is 2.24. The number of nitrogens with zero attached hydrogens (tertiary/aromatic N) is 2. The molecule has 1 aromatic rings. The van der Waals surface area contributed by atoms with E-state index in [4.69, 9.17) is 0 Å². The second-order valence-corrected chi connectivity index (χ2v) is 8.86. The van der Waals surface area contributed by atoms with Gasteiger partial charge in [0.2, 0.25) is 5.91 Å². The number of rotatable bonds is 5. The number of carbonyl (C=O) groups excluding carboxylic acids is 2. The fourth-order valence-electron chi connectivity index (χ4n) is 4.15. The van der Waals surface area contributed by atoms with Gasteiger partial charge in [-0.25, -0.2) is 0 Å². The predicted molar refractivity (Wildman–Crippen MR) is 116 cm³/mol. The molecule has 3 rings (SSSR count). The molecule has 0 bridgehead atoms. The number of nitrogens with one attached hydrogen (secondary N) is 1. The highest BCUT2D eigenvalue weighted by atomic mass is 127. The molecular weight excluding hydrogens is 453 g/mol. The number of hydrogen-bond donors (Lipinski definition) is 1. The molecule has 1 aliphatic carbocycles. The molecule has 6 heteroatoms. The van der Waals surface area contributed by atoms with Crippen LogP contribution < -0.4 is 5.32 Å². The van der Waals surface area contributed by atoms with Crippen molar-refractivity contribution in [1.29, 1.82) is 0 Å². The van der Waals surface area contributed by atoms with Gasteiger partial charge in [-0.3, -0.25) is 9.59 Å². The molecule has 0 unspecified atom stereocenters. The van der Waals surface area contributed by atoms with Crippen LogP contribution in [0.1, 0.15) is 48.9 Å². The summed E-state index contributed by atoms with van der Waals surface area (Å²) in [4.78, 5) is 29.3. The minimum atomic E-state index is -0.179. The van der Waals surface area contributed by atoms with E-state index in [-0.39, 0.29) is 18.4 Å². The second kappa shape index (κ2) is 10.4. The fraction of sp³-hybridized carbons (Fsp3) is 0.619. The van der Waals surface area contributed by atoms with Crippen LogP contribution in [0.4, 0.5) is 0 Å². The molecule has 2 amide bonds. The van der Waals surface area contributed by atoms with Crippen molar-refractivity contribution >= 4 is 34.4 Å². The molecule has 1 saturated heterocycles. The Morgan fingerprint density at radius 1 is 1.00 bits per heavy atom. The highest BCUT2D eigenvalue weighted by Gasteiger charge is 2.22. The first kappa shape index (κ1) is 20.6. The van der Waals surface area contributed by atoms with Gasteiger partial charge >= 0.3 is 0 Å². The predicted octanol–water partition coefficient (Wildman–Crippen LogP) is 3.14. The van der Waals surface area contributed by atoms with Crippen LogP contribution >= 0.6 is 22.6 Å². The van der Waals surface area contributed by atoms with E-state index in [1.165, 1.54) is 38.6 Å². The maximum absolute atomic E-state index is 12.6. The quantitative estimate of drug-likeness (QED) is 0.655. The molecule has 2 aliphatic rings. The lowest BCUT2D eigenvalue weighted by atomic mass is 9.89. The molecule has 1 saturated carbocycles. The third kappa shape index (κ3) is 6.17. The topological polar surface area (TPSA) is 52.7 Å². The summed E-state index contributed by atoms with van der Waals surface area (Å²) in [6.45, 7) is 4.85. The standard InChI is InChI=1S/C21H30IN3O2/c22-19-10-5-4-9-18(19)21(27)23-15-20(26)25-12-6-11-24(13-14-25)16-17-7-2-1-3-8-17/h4-5,9-10,17H,1-3,6-8,11-16H2,(H,23,27). The third-order valence-corrected chi connectivity index (χ3v) is 6.64. The minimum Gasteiger partial charge on any atom is -0.343 e. The fourth-order valence-corrected chi connectivity index (χ4v) is 4.78. The summed E-state index contributed by atoms with van der Waals surface area (Å²) in [7, 11) is 0. The molecule has 2 fully saturated rings. The van der Waals surface area contributed by atoms with Crippen LogP contribution in [0.3, 0.4) is 0 Å². The molecule has 5 nitrogen and oxygen atoms in total. The van der Waals surface area contributed by atoms with Gasteiger partial charge in [0.25, 0.3) is 5.91 Å². The van der Waals surface area contributed by atoms with Crippen molar-refractivity contribution in [3.05, 3.63) is 33.4 Å². The average molecular weight is 483 g/mol. The zero-order valence-electron chi connectivity index (χ0n) is 16.0. The summed E-state index contributed by atoms with van der Waals surface area (Å²) >= 11 is 2.14. The molecule has 148 valence electrons. The van der Waals surface area contributed by atoms with E-state index in [9.17, 15) is 9.59 Å². The molecule has 1 N–H and O–H groups in total. The first-order chi connectivity index (χ1) is 13.1. The maximum atomic E-state index is 12.6. The molecule has 27 heavy (non-hydrogen) atoms. The molecule has 1 aliphatic heterocycles. The Morgan fingerprint density at radius 2 is 1.78 bits per heavy atom. The second-order valence-electron chi connectivity index (χ2n) is 7.70. The Kier molecular flexibility index (Phi) is 7.93. The van der Waals surface area contributed by atoms with Crippen LogP contribution in [0.15, 0.2) is 24.3 Å². The van der Waals surface area contributed by atoms with Crippen molar-refractivity contribution in [2.75, 3.05) is 39.3 Å². The van der Waals surface area contributed by atoms with Crippen LogP contribution in [0.25, 0.3) is 0 Å².